The summed E-state index contributed by atoms with van der Waals surface area (Å²) in [4.78, 5) is 9.39. The van der Waals surface area contributed by atoms with E-state index in [9.17, 15) is 0 Å². The Morgan fingerprint density at radius 3 is 2.89 bits per heavy atom. The molecular weight excluding hydrogens is 384 g/mol. The molecule has 4 nitrogen and oxygen atoms in total. The molecule has 1 aliphatic heterocycles. The Labute approximate surface area is 174 Å². The summed E-state index contributed by atoms with van der Waals surface area (Å²) in [5.41, 5.74) is 4.68. The molecule has 0 radical (unpaired) electrons. The minimum absolute atomic E-state index is 0.575. The number of hydrogen-bond acceptors (Lipinski definition) is 5. The highest BCUT2D eigenvalue weighted by Crippen LogP contribution is 2.26. The zero-order valence-electron chi connectivity index (χ0n) is 16.4. The van der Waals surface area contributed by atoms with Crippen molar-refractivity contribution in [3.05, 3.63) is 53.6 Å². The number of aryl methyl sites for hydroxylation is 1. The molecule has 2 heterocycles. The molecule has 4 rings (SSSR count). The standard InChI is InChI=1S/C22H26N4S2/c1-3-4-18-14-27-22(25-18)24-17-8-6-16(7-9-17)11-12-23-21-26-19-10-5-15(2)13-20(19)28-21/h5-10,13,18H,3-4,11-12,14H2,1-2H3,(H,23,26)(H,24,25). The maximum absolute atomic E-state index is 4.74. The fourth-order valence-electron chi connectivity index (χ4n) is 3.28. The molecule has 28 heavy (non-hydrogen) atoms. The Morgan fingerprint density at radius 2 is 2.07 bits per heavy atom. The van der Waals surface area contributed by atoms with Crippen LogP contribution in [0.5, 0.6) is 0 Å². The average Bonchev–Trinajstić information content (AvgIpc) is 3.29. The van der Waals surface area contributed by atoms with E-state index in [2.05, 4.69) is 71.9 Å². The summed E-state index contributed by atoms with van der Waals surface area (Å²) >= 11 is 3.55. The minimum Gasteiger partial charge on any atom is -0.361 e. The number of aromatic nitrogens is 1. The van der Waals surface area contributed by atoms with Crippen LogP contribution in [0.25, 0.3) is 10.2 Å². The predicted octanol–water partition coefficient (Wildman–Crippen LogP) is 5.75. The van der Waals surface area contributed by atoms with Crippen LogP contribution in [0.15, 0.2) is 47.5 Å². The number of benzene rings is 2. The van der Waals surface area contributed by atoms with Gasteiger partial charge in [0, 0.05) is 18.3 Å². The van der Waals surface area contributed by atoms with E-state index in [1.165, 1.54) is 28.7 Å². The van der Waals surface area contributed by atoms with Gasteiger partial charge in [0.2, 0.25) is 0 Å². The topological polar surface area (TPSA) is 49.3 Å². The largest absolute Gasteiger partial charge is 0.361 e. The first-order chi connectivity index (χ1) is 13.7. The van der Waals surface area contributed by atoms with E-state index >= 15 is 0 Å². The van der Waals surface area contributed by atoms with Gasteiger partial charge >= 0.3 is 0 Å². The van der Waals surface area contributed by atoms with Gasteiger partial charge in [0.1, 0.15) is 0 Å². The lowest BCUT2D eigenvalue weighted by Crippen LogP contribution is -2.26. The Balaban J connectivity index is 1.29. The number of anilines is 1. The van der Waals surface area contributed by atoms with Crippen LogP contribution < -0.4 is 10.6 Å². The first kappa shape index (κ1) is 19.3. The second kappa shape index (κ2) is 8.97. The molecule has 146 valence electrons. The van der Waals surface area contributed by atoms with Crippen molar-refractivity contribution in [2.45, 2.75) is 39.2 Å². The summed E-state index contributed by atoms with van der Waals surface area (Å²) < 4.78 is 1.24. The summed E-state index contributed by atoms with van der Waals surface area (Å²) in [5, 5.41) is 9.03. The highest BCUT2D eigenvalue weighted by molar-refractivity contribution is 8.14. The Kier molecular flexibility index (Phi) is 6.17. The third kappa shape index (κ3) is 4.86. The molecule has 3 aromatic rings. The van der Waals surface area contributed by atoms with Gasteiger partial charge in [-0.2, -0.15) is 0 Å². The number of fused-ring (bicyclic) bond motifs is 1. The first-order valence-electron chi connectivity index (χ1n) is 9.87. The molecule has 1 unspecified atom stereocenters. The van der Waals surface area contributed by atoms with Gasteiger partial charge in [-0.25, -0.2) is 9.98 Å². The number of aliphatic imine (C=N–C) groups is 1. The van der Waals surface area contributed by atoms with Crippen LogP contribution in [-0.2, 0) is 6.42 Å². The molecular formula is C22H26N4S2. The van der Waals surface area contributed by atoms with E-state index in [1.807, 2.05) is 11.8 Å². The van der Waals surface area contributed by atoms with E-state index in [1.54, 1.807) is 11.3 Å². The first-order valence-corrected chi connectivity index (χ1v) is 11.7. The molecule has 6 heteroatoms. The second-order valence-corrected chi connectivity index (χ2v) is 9.23. The lowest BCUT2D eigenvalue weighted by molar-refractivity contribution is 0.618. The molecule has 2 N–H and O–H groups in total. The summed E-state index contributed by atoms with van der Waals surface area (Å²) in [7, 11) is 0. The van der Waals surface area contributed by atoms with E-state index in [0.717, 1.165) is 40.2 Å². The fraction of sp³-hybridized carbons (Fsp3) is 0.364. The molecule has 1 atom stereocenters. The third-order valence-corrected chi connectivity index (χ3v) is 6.81. The monoisotopic (exact) mass is 410 g/mol. The molecule has 0 spiro atoms. The van der Waals surface area contributed by atoms with Crippen LogP contribution in [-0.4, -0.2) is 28.5 Å². The molecule has 0 amide bonds. The maximum atomic E-state index is 4.74. The third-order valence-electron chi connectivity index (χ3n) is 4.79. The highest BCUT2D eigenvalue weighted by Gasteiger charge is 2.18. The highest BCUT2D eigenvalue weighted by atomic mass is 32.2. The van der Waals surface area contributed by atoms with Crippen LogP contribution in [0.4, 0.5) is 10.8 Å². The second-order valence-electron chi connectivity index (χ2n) is 7.19. The lowest BCUT2D eigenvalue weighted by Gasteiger charge is -2.07. The van der Waals surface area contributed by atoms with E-state index < -0.39 is 0 Å². The number of nitrogens with one attached hydrogen (secondary N) is 2. The molecule has 2 aromatic carbocycles. The van der Waals surface area contributed by atoms with Gasteiger partial charge < -0.3 is 10.6 Å². The minimum atomic E-state index is 0.575. The van der Waals surface area contributed by atoms with Gasteiger partial charge in [-0.15, -0.1) is 0 Å². The maximum Gasteiger partial charge on any atom is 0.183 e. The van der Waals surface area contributed by atoms with Crippen LogP contribution in [0.2, 0.25) is 0 Å². The van der Waals surface area contributed by atoms with Crippen molar-refractivity contribution in [1.82, 2.24) is 10.3 Å². The summed E-state index contributed by atoms with van der Waals surface area (Å²) in [6.45, 7) is 5.22. The lowest BCUT2D eigenvalue weighted by atomic mass is 10.1. The van der Waals surface area contributed by atoms with Crippen molar-refractivity contribution in [3.8, 4) is 0 Å². The van der Waals surface area contributed by atoms with Crippen molar-refractivity contribution in [3.63, 3.8) is 0 Å². The normalized spacial score (nSPS) is 17.9. The van der Waals surface area contributed by atoms with Crippen molar-refractivity contribution in [1.29, 1.82) is 0 Å². The van der Waals surface area contributed by atoms with E-state index in [0.29, 0.717) is 6.04 Å². The average molecular weight is 411 g/mol. The van der Waals surface area contributed by atoms with Crippen LogP contribution in [0.3, 0.4) is 0 Å². The number of thiazole rings is 1. The summed E-state index contributed by atoms with van der Waals surface area (Å²) in [6, 6.07) is 15.5. The number of rotatable bonds is 7. The van der Waals surface area contributed by atoms with Crippen LogP contribution in [0.1, 0.15) is 30.9 Å². The Hall–Kier alpha value is -2.05. The van der Waals surface area contributed by atoms with Gasteiger partial charge in [0.05, 0.1) is 15.9 Å². The van der Waals surface area contributed by atoms with E-state index in [4.69, 9.17) is 4.99 Å². The molecule has 0 aliphatic carbocycles. The van der Waals surface area contributed by atoms with Gasteiger partial charge in [-0.3, -0.25) is 0 Å². The van der Waals surface area contributed by atoms with Gasteiger partial charge in [-0.05, 0) is 55.2 Å². The summed E-state index contributed by atoms with van der Waals surface area (Å²) in [6.07, 6.45) is 3.40. The molecule has 0 saturated carbocycles. The number of amidine groups is 1. The van der Waals surface area contributed by atoms with Gasteiger partial charge in [0.25, 0.3) is 0 Å². The number of hydrogen-bond donors (Lipinski definition) is 2. The smallest absolute Gasteiger partial charge is 0.183 e. The SMILES string of the molecule is CCCC1CS/C(=N\c2ccc(CCNc3nc4ccc(C)cc4s3)cc2)N1. The predicted molar refractivity (Wildman–Crippen MR) is 124 cm³/mol. The quantitative estimate of drug-likeness (QED) is 0.520. The van der Waals surface area contributed by atoms with Crippen molar-refractivity contribution in [2.75, 3.05) is 17.6 Å². The van der Waals surface area contributed by atoms with Crippen LogP contribution in [0, 0.1) is 6.92 Å². The molecule has 1 fully saturated rings. The molecule has 1 aromatic heterocycles. The fourth-order valence-corrected chi connectivity index (χ4v) is 5.30. The van der Waals surface area contributed by atoms with Gasteiger partial charge in [0.15, 0.2) is 10.3 Å². The number of thioether (sulfide) groups is 1. The Morgan fingerprint density at radius 1 is 1.21 bits per heavy atom. The molecule has 0 bridgehead atoms. The van der Waals surface area contributed by atoms with Crippen molar-refractivity contribution in [2.24, 2.45) is 4.99 Å². The van der Waals surface area contributed by atoms with E-state index in [-0.39, 0.29) is 0 Å². The summed E-state index contributed by atoms with van der Waals surface area (Å²) in [5.74, 6) is 1.13. The van der Waals surface area contributed by atoms with Crippen molar-refractivity contribution < 1.29 is 0 Å². The van der Waals surface area contributed by atoms with Crippen molar-refractivity contribution >= 4 is 49.3 Å². The Bertz CT molecular complexity index is 962. The number of nitrogens with zero attached hydrogens (tertiary/aromatic N) is 2. The zero-order valence-corrected chi connectivity index (χ0v) is 18.0. The molecule has 1 saturated heterocycles. The zero-order chi connectivity index (χ0) is 19.3. The van der Waals surface area contributed by atoms with Gasteiger partial charge in [-0.1, -0.05) is 54.6 Å². The van der Waals surface area contributed by atoms with Crippen LogP contribution >= 0.6 is 23.1 Å². The molecule has 1 aliphatic rings.